The first kappa shape index (κ1) is 30.2. The predicted octanol–water partition coefficient (Wildman–Crippen LogP) is 4.90. The second kappa shape index (κ2) is 13.6. The molecule has 0 saturated heterocycles. The minimum Gasteiger partial charge on any atom is -0.496 e. The third kappa shape index (κ3) is 7.60. The average molecular weight is 617 g/mol. The fourth-order valence-corrected chi connectivity index (χ4v) is 6.07. The van der Waals surface area contributed by atoms with E-state index in [4.69, 9.17) is 4.74 Å². The molecule has 208 valence electrons. The van der Waals surface area contributed by atoms with Crippen LogP contribution in [0, 0.1) is 6.92 Å². The third-order valence-electron chi connectivity index (χ3n) is 6.22. The number of carbonyl (C=O) groups is 2. The summed E-state index contributed by atoms with van der Waals surface area (Å²) in [7, 11) is -2.69. The molecule has 0 saturated carbocycles. The van der Waals surface area contributed by atoms with E-state index in [1.54, 1.807) is 37.3 Å². The standard InChI is InChI=1S/C29H34BrN3O5S/c1-5-17-31-29(35)22(3)32(19-23-9-7-6-8-10-23)28(34)20-33(24-13-11-21(2)12-14-24)39(36,37)25-15-16-27(38-4)26(30)18-25/h6-16,18,22H,5,17,19-20H2,1-4H3,(H,31,35)/t22-/m1/s1. The first-order valence-corrected chi connectivity index (χ1v) is 14.9. The molecule has 0 aliphatic carbocycles. The monoisotopic (exact) mass is 615 g/mol. The van der Waals surface area contributed by atoms with E-state index in [1.807, 2.05) is 44.2 Å². The fraction of sp³-hybridized carbons (Fsp3) is 0.310. The largest absolute Gasteiger partial charge is 0.496 e. The van der Waals surface area contributed by atoms with Gasteiger partial charge in [0.1, 0.15) is 18.3 Å². The van der Waals surface area contributed by atoms with Crippen molar-refractivity contribution in [3.8, 4) is 5.75 Å². The van der Waals surface area contributed by atoms with Crippen LogP contribution >= 0.6 is 15.9 Å². The zero-order chi connectivity index (χ0) is 28.6. The average Bonchev–Trinajstić information content (AvgIpc) is 2.93. The van der Waals surface area contributed by atoms with Crippen LogP contribution in [0.3, 0.4) is 0 Å². The van der Waals surface area contributed by atoms with Crippen LogP contribution in [-0.2, 0) is 26.2 Å². The van der Waals surface area contributed by atoms with Crippen molar-refractivity contribution in [3.63, 3.8) is 0 Å². The zero-order valence-corrected chi connectivity index (χ0v) is 25.0. The predicted molar refractivity (Wildman–Crippen MR) is 156 cm³/mol. The summed E-state index contributed by atoms with van der Waals surface area (Å²) in [5.74, 6) is -0.326. The van der Waals surface area contributed by atoms with Gasteiger partial charge in [0.05, 0.1) is 22.2 Å². The van der Waals surface area contributed by atoms with Crippen LogP contribution in [0.25, 0.3) is 0 Å². The minimum atomic E-state index is -4.18. The van der Waals surface area contributed by atoms with Crippen LogP contribution in [0.4, 0.5) is 5.69 Å². The molecule has 0 unspecified atom stereocenters. The lowest BCUT2D eigenvalue weighted by atomic mass is 10.1. The lowest BCUT2D eigenvalue weighted by Gasteiger charge is -2.32. The number of ether oxygens (including phenoxy) is 1. The molecule has 0 aliphatic heterocycles. The van der Waals surface area contributed by atoms with Gasteiger partial charge in [0.15, 0.2) is 0 Å². The van der Waals surface area contributed by atoms with Gasteiger partial charge in [-0.15, -0.1) is 0 Å². The highest BCUT2D eigenvalue weighted by molar-refractivity contribution is 9.10. The Bertz CT molecular complexity index is 1380. The van der Waals surface area contributed by atoms with E-state index in [-0.39, 0.29) is 17.3 Å². The van der Waals surface area contributed by atoms with E-state index in [1.165, 1.54) is 24.1 Å². The minimum absolute atomic E-state index is 0.00750. The Balaban J connectivity index is 2.03. The molecule has 2 amide bonds. The molecule has 1 N–H and O–H groups in total. The summed E-state index contributed by atoms with van der Waals surface area (Å²) in [6.45, 7) is 5.62. The van der Waals surface area contributed by atoms with Crippen LogP contribution in [0.1, 0.15) is 31.4 Å². The van der Waals surface area contributed by atoms with Crippen molar-refractivity contribution in [1.29, 1.82) is 0 Å². The molecule has 0 radical (unpaired) electrons. The lowest BCUT2D eigenvalue weighted by Crippen LogP contribution is -2.51. The van der Waals surface area contributed by atoms with Crippen molar-refractivity contribution in [2.24, 2.45) is 0 Å². The summed E-state index contributed by atoms with van der Waals surface area (Å²) in [4.78, 5) is 28.2. The first-order chi connectivity index (χ1) is 18.6. The maximum absolute atomic E-state index is 13.9. The van der Waals surface area contributed by atoms with Gasteiger partial charge in [0.2, 0.25) is 11.8 Å². The fourth-order valence-electron chi connectivity index (χ4n) is 3.93. The van der Waals surface area contributed by atoms with Crippen molar-refractivity contribution in [3.05, 3.63) is 88.4 Å². The number of hydrogen-bond donors (Lipinski definition) is 1. The highest BCUT2D eigenvalue weighted by Gasteiger charge is 2.32. The topological polar surface area (TPSA) is 96.0 Å². The summed E-state index contributed by atoms with van der Waals surface area (Å²) in [6.07, 6.45) is 0.752. The molecule has 0 aliphatic rings. The number of rotatable bonds is 12. The quantitative estimate of drug-likeness (QED) is 0.312. The van der Waals surface area contributed by atoms with E-state index in [9.17, 15) is 18.0 Å². The van der Waals surface area contributed by atoms with E-state index < -0.39 is 28.5 Å². The van der Waals surface area contributed by atoms with Gasteiger partial charge in [0, 0.05) is 13.1 Å². The molecule has 3 rings (SSSR count). The number of nitrogens with zero attached hydrogens (tertiary/aromatic N) is 2. The van der Waals surface area contributed by atoms with Gasteiger partial charge >= 0.3 is 0 Å². The van der Waals surface area contributed by atoms with Gasteiger partial charge in [-0.25, -0.2) is 8.42 Å². The van der Waals surface area contributed by atoms with Gasteiger partial charge in [-0.05, 0) is 72.1 Å². The Labute approximate surface area is 239 Å². The van der Waals surface area contributed by atoms with Crippen molar-refractivity contribution in [1.82, 2.24) is 10.2 Å². The highest BCUT2D eigenvalue weighted by atomic mass is 79.9. The SMILES string of the molecule is CCCNC(=O)[C@@H](C)N(Cc1ccccc1)C(=O)CN(c1ccc(C)cc1)S(=O)(=O)c1ccc(OC)c(Br)c1. The molecule has 39 heavy (non-hydrogen) atoms. The van der Waals surface area contributed by atoms with Gasteiger partial charge in [-0.1, -0.05) is 55.0 Å². The summed E-state index contributed by atoms with van der Waals surface area (Å²) in [5.41, 5.74) is 2.11. The molecule has 0 spiro atoms. The molecular weight excluding hydrogens is 582 g/mol. The van der Waals surface area contributed by atoms with Gasteiger partial charge in [0.25, 0.3) is 10.0 Å². The third-order valence-corrected chi connectivity index (χ3v) is 8.61. The van der Waals surface area contributed by atoms with E-state index in [0.29, 0.717) is 22.5 Å². The van der Waals surface area contributed by atoms with Crippen LogP contribution in [0.2, 0.25) is 0 Å². The number of methoxy groups -OCH3 is 1. The summed E-state index contributed by atoms with van der Waals surface area (Å²) in [5, 5.41) is 2.84. The number of halogens is 1. The van der Waals surface area contributed by atoms with E-state index >= 15 is 0 Å². The number of sulfonamides is 1. The molecule has 0 fully saturated rings. The molecular formula is C29H34BrN3O5S. The summed E-state index contributed by atoms with van der Waals surface area (Å²) in [6, 6.07) is 19.8. The molecule has 8 nitrogen and oxygen atoms in total. The Kier molecular flexibility index (Phi) is 10.5. The maximum atomic E-state index is 13.9. The van der Waals surface area contributed by atoms with E-state index in [2.05, 4.69) is 21.2 Å². The Hall–Kier alpha value is -3.37. The highest BCUT2D eigenvalue weighted by Crippen LogP contribution is 2.31. The summed E-state index contributed by atoms with van der Waals surface area (Å²) >= 11 is 3.35. The van der Waals surface area contributed by atoms with Crippen LogP contribution in [0.5, 0.6) is 5.75 Å². The molecule has 0 aromatic heterocycles. The first-order valence-electron chi connectivity index (χ1n) is 12.6. The molecule has 3 aromatic rings. The van der Waals surface area contributed by atoms with Crippen LogP contribution < -0.4 is 14.4 Å². The van der Waals surface area contributed by atoms with Crippen molar-refractivity contribution >= 4 is 43.5 Å². The van der Waals surface area contributed by atoms with Gasteiger partial charge in [-0.3, -0.25) is 13.9 Å². The smallest absolute Gasteiger partial charge is 0.264 e. The maximum Gasteiger partial charge on any atom is 0.264 e. The Morgan fingerprint density at radius 3 is 2.28 bits per heavy atom. The number of aryl methyl sites for hydroxylation is 1. The van der Waals surface area contributed by atoms with Crippen LogP contribution in [0.15, 0.2) is 82.2 Å². The second-order valence-electron chi connectivity index (χ2n) is 9.12. The number of amides is 2. The molecule has 10 heteroatoms. The number of hydrogen-bond acceptors (Lipinski definition) is 5. The second-order valence-corrected chi connectivity index (χ2v) is 11.8. The van der Waals surface area contributed by atoms with Crippen molar-refractivity contribution < 1.29 is 22.7 Å². The zero-order valence-electron chi connectivity index (χ0n) is 22.6. The number of nitrogens with one attached hydrogen (secondary N) is 1. The molecule has 1 atom stereocenters. The Morgan fingerprint density at radius 1 is 1.03 bits per heavy atom. The van der Waals surface area contributed by atoms with Crippen molar-refractivity contribution in [2.75, 3.05) is 24.5 Å². The summed E-state index contributed by atoms with van der Waals surface area (Å²) < 4.78 is 34.7. The van der Waals surface area contributed by atoms with Gasteiger partial charge in [-0.2, -0.15) is 0 Å². The van der Waals surface area contributed by atoms with Crippen LogP contribution in [-0.4, -0.2) is 51.4 Å². The molecule has 3 aromatic carbocycles. The van der Waals surface area contributed by atoms with Gasteiger partial charge < -0.3 is 15.0 Å². The normalized spacial score (nSPS) is 11.9. The van der Waals surface area contributed by atoms with E-state index in [0.717, 1.165) is 21.9 Å². The lowest BCUT2D eigenvalue weighted by molar-refractivity contribution is -0.139. The number of anilines is 1. The molecule has 0 bridgehead atoms. The van der Waals surface area contributed by atoms with Crippen molar-refractivity contribution in [2.45, 2.75) is 44.7 Å². The number of carbonyl (C=O) groups excluding carboxylic acids is 2. The number of benzene rings is 3. The molecule has 0 heterocycles. The Morgan fingerprint density at radius 2 is 1.69 bits per heavy atom.